The fourth-order valence-electron chi connectivity index (χ4n) is 3.03. The van der Waals surface area contributed by atoms with Gasteiger partial charge in [0, 0.05) is 30.6 Å². The second kappa shape index (κ2) is 7.20. The van der Waals surface area contributed by atoms with Crippen LogP contribution in [0.2, 0.25) is 0 Å². The first-order valence-corrected chi connectivity index (χ1v) is 8.57. The van der Waals surface area contributed by atoms with Crippen LogP contribution in [0.5, 0.6) is 0 Å². The van der Waals surface area contributed by atoms with Crippen molar-refractivity contribution in [3.8, 4) is 0 Å². The van der Waals surface area contributed by atoms with Crippen LogP contribution in [-0.2, 0) is 23.7 Å². The molecular weight excluding hydrogens is 298 g/mol. The molecule has 0 unspecified atom stereocenters. The molecule has 0 saturated heterocycles. The van der Waals surface area contributed by atoms with Crippen molar-refractivity contribution in [2.75, 3.05) is 0 Å². The van der Waals surface area contributed by atoms with Gasteiger partial charge in [0.15, 0.2) is 0 Å². The Labute approximate surface area is 145 Å². The van der Waals surface area contributed by atoms with Gasteiger partial charge in [0.2, 0.25) is 5.91 Å². The number of rotatable bonds is 6. The molecule has 2 aromatic rings. The summed E-state index contributed by atoms with van der Waals surface area (Å²) in [4.78, 5) is 12.4. The molecule has 0 aliphatic carbocycles. The summed E-state index contributed by atoms with van der Waals surface area (Å²) in [5.74, 6) is 0.0918. The second-order valence-corrected chi connectivity index (χ2v) is 7.15. The molecule has 1 atom stereocenters. The third kappa shape index (κ3) is 3.86. The largest absolute Gasteiger partial charge is 0.353 e. The van der Waals surface area contributed by atoms with Gasteiger partial charge in [-0.1, -0.05) is 44.2 Å². The van der Waals surface area contributed by atoms with Gasteiger partial charge in [-0.25, -0.2) is 0 Å². The van der Waals surface area contributed by atoms with E-state index in [-0.39, 0.29) is 17.4 Å². The highest BCUT2D eigenvalue weighted by Gasteiger charge is 2.28. The molecule has 1 N–H and O–H groups in total. The van der Waals surface area contributed by atoms with E-state index in [1.165, 1.54) is 11.1 Å². The molecule has 24 heavy (non-hydrogen) atoms. The van der Waals surface area contributed by atoms with E-state index in [0.717, 1.165) is 17.8 Å². The number of benzene rings is 1. The zero-order valence-corrected chi connectivity index (χ0v) is 15.7. The van der Waals surface area contributed by atoms with Crippen LogP contribution >= 0.6 is 0 Å². The molecule has 4 nitrogen and oxygen atoms in total. The molecule has 1 amide bonds. The van der Waals surface area contributed by atoms with Crippen molar-refractivity contribution < 1.29 is 4.79 Å². The zero-order chi connectivity index (χ0) is 17.9. The van der Waals surface area contributed by atoms with Gasteiger partial charge in [0.1, 0.15) is 0 Å². The van der Waals surface area contributed by atoms with Crippen LogP contribution in [0.15, 0.2) is 30.3 Å². The number of hydrogen-bond donors (Lipinski definition) is 1. The van der Waals surface area contributed by atoms with Crippen LogP contribution in [0, 0.1) is 13.8 Å². The van der Waals surface area contributed by atoms with Crippen LogP contribution < -0.4 is 5.32 Å². The van der Waals surface area contributed by atoms with Crippen molar-refractivity contribution in [3.05, 3.63) is 52.8 Å². The number of nitrogens with one attached hydrogen (secondary N) is 1. The number of aryl methyl sites for hydroxylation is 2. The fraction of sp³-hybridized carbons (Fsp3) is 0.500. The Hall–Kier alpha value is -2.10. The topological polar surface area (TPSA) is 46.9 Å². The summed E-state index contributed by atoms with van der Waals surface area (Å²) in [7, 11) is 1.94. The monoisotopic (exact) mass is 327 g/mol. The third-order valence-electron chi connectivity index (χ3n) is 5.24. The molecule has 0 aliphatic heterocycles. The molecular formula is C20H29N3O. The maximum atomic E-state index is 12.4. The Morgan fingerprint density at radius 2 is 1.88 bits per heavy atom. The van der Waals surface area contributed by atoms with Crippen LogP contribution in [0.1, 0.15) is 49.7 Å². The molecule has 4 heteroatoms. The minimum Gasteiger partial charge on any atom is -0.353 e. The average molecular weight is 327 g/mol. The van der Waals surface area contributed by atoms with Gasteiger partial charge < -0.3 is 5.32 Å². The highest BCUT2D eigenvalue weighted by atomic mass is 16.1. The predicted molar refractivity (Wildman–Crippen MR) is 98.1 cm³/mol. The van der Waals surface area contributed by atoms with E-state index in [1.807, 2.05) is 43.8 Å². The molecule has 0 saturated carbocycles. The number of nitrogens with zero attached hydrogens (tertiary/aromatic N) is 2. The number of aromatic nitrogens is 2. The first kappa shape index (κ1) is 18.2. The van der Waals surface area contributed by atoms with Crippen molar-refractivity contribution in [1.29, 1.82) is 0 Å². The van der Waals surface area contributed by atoms with E-state index < -0.39 is 0 Å². The van der Waals surface area contributed by atoms with E-state index in [1.54, 1.807) is 0 Å². The lowest BCUT2D eigenvalue weighted by atomic mass is 9.78. The molecule has 0 spiro atoms. The van der Waals surface area contributed by atoms with Crippen molar-refractivity contribution in [1.82, 2.24) is 15.1 Å². The quantitative estimate of drug-likeness (QED) is 0.883. The Kier molecular flexibility index (Phi) is 5.47. The summed E-state index contributed by atoms with van der Waals surface area (Å²) >= 11 is 0. The highest BCUT2D eigenvalue weighted by Crippen LogP contribution is 2.27. The van der Waals surface area contributed by atoms with Crippen molar-refractivity contribution in [2.24, 2.45) is 7.05 Å². The fourth-order valence-corrected chi connectivity index (χ4v) is 3.03. The minimum absolute atomic E-state index is 0.0588. The van der Waals surface area contributed by atoms with Crippen LogP contribution in [0.3, 0.4) is 0 Å². The van der Waals surface area contributed by atoms with E-state index in [0.29, 0.717) is 6.42 Å². The number of amides is 1. The summed E-state index contributed by atoms with van der Waals surface area (Å²) in [5, 5.41) is 7.58. The first-order valence-electron chi connectivity index (χ1n) is 8.57. The molecule has 1 aromatic carbocycles. The van der Waals surface area contributed by atoms with E-state index in [9.17, 15) is 4.79 Å². The summed E-state index contributed by atoms with van der Waals surface area (Å²) < 4.78 is 1.88. The standard InChI is InChI=1S/C20H29N3O/c1-14-18(15(2)23(6)22-14)12-13-19(24)21-16(3)20(4,5)17-10-8-7-9-11-17/h7-11,16H,12-13H2,1-6H3,(H,21,24)/t16-/m1/s1. The van der Waals surface area contributed by atoms with Crippen LogP contribution in [0.25, 0.3) is 0 Å². The van der Waals surface area contributed by atoms with Crippen LogP contribution in [-0.4, -0.2) is 21.7 Å². The minimum atomic E-state index is -0.114. The number of carbonyl (C=O) groups excluding carboxylic acids is 1. The Morgan fingerprint density at radius 3 is 2.42 bits per heavy atom. The van der Waals surface area contributed by atoms with E-state index >= 15 is 0 Å². The predicted octanol–water partition coefficient (Wildman–Crippen LogP) is 3.45. The zero-order valence-electron chi connectivity index (χ0n) is 15.7. The lowest BCUT2D eigenvalue weighted by Crippen LogP contribution is -2.45. The average Bonchev–Trinajstić information content (AvgIpc) is 2.78. The third-order valence-corrected chi connectivity index (χ3v) is 5.24. The Bertz CT molecular complexity index is 701. The van der Waals surface area contributed by atoms with Gasteiger partial charge in [0.05, 0.1) is 5.69 Å². The van der Waals surface area contributed by atoms with Gasteiger partial charge in [-0.3, -0.25) is 9.48 Å². The Balaban J connectivity index is 1.97. The summed E-state index contributed by atoms with van der Waals surface area (Å²) in [6.45, 7) is 10.5. The number of carbonyl (C=O) groups is 1. The molecule has 2 rings (SSSR count). The van der Waals surface area contributed by atoms with E-state index in [2.05, 4.69) is 43.3 Å². The Morgan fingerprint density at radius 1 is 1.25 bits per heavy atom. The molecule has 0 radical (unpaired) electrons. The van der Waals surface area contributed by atoms with Crippen molar-refractivity contribution >= 4 is 5.91 Å². The summed E-state index contributed by atoms with van der Waals surface area (Å²) in [6.07, 6.45) is 1.22. The van der Waals surface area contributed by atoms with Gasteiger partial charge in [0.25, 0.3) is 0 Å². The first-order chi connectivity index (χ1) is 11.2. The van der Waals surface area contributed by atoms with Crippen molar-refractivity contribution in [2.45, 2.75) is 58.9 Å². The van der Waals surface area contributed by atoms with Crippen LogP contribution in [0.4, 0.5) is 0 Å². The van der Waals surface area contributed by atoms with Gasteiger partial charge in [-0.15, -0.1) is 0 Å². The van der Waals surface area contributed by atoms with Gasteiger partial charge >= 0.3 is 0 Å². The normalized spacial score (nSPS) is 12.9. The molecule has 1 heterocycles. The maximum absolute atomic E-state index is 12.4. The second-order valence-electron chi connectivity index (χ2n) is 7.15. The molecule has 130 valence electrons. The SMILES string of the molecule is Cc1nn(C)c(C)c1CCC(=O)N[C@H](C)C(C)(C)c1ccccc1. The lowest BCUT2D eigenvalue weighted by molar-refractivity contribution is -0.122. The smallest absolute Gasteiger partial charge is 0.220 e. The molecule has 0 bridgehead atoms. The molecule has 0 aliphatic rings. The highest BCUT2D eigenvalue weighted by molar-refractivity contribution is 5.76. The molecule has 0 fully saturated rings. The van der Waals surface area contributed by atoms with Crippen molar-refractivity contribution in [3.63, 3.8) is 0 Å². The molecule has 1 aromatic heterocycles. The summed E-state index contributed by atoms with van der Waals surface area (Å²) in [5.41, 5.74) is 4.45. The lowest BCUT2D eigenvalue weighted by Gasteiger charge is -2.33. The maximum Gasteiger partial charge on any atom is 0.220 e. The number of hydrogen-bond acceptors (Lipinski definition) is 2. The van der Waals surface area contributed by atoms with Gasteiger partial charge in [-0.2, -0.15) is 5.10 Å². The van der Waals surface area contributed by atoms with E-state index in [4.69, 9.17) is 0 Å². The van der Waals surface area contributed by atoms with Gasteiger partial charge in [-0.05, 0) is 38.3 Å². The summed E-state index contributed by atoms with van der Waals surface area (Å²) in [6, 6.07) is 10.4.